The lowest BCUT2D eigenvalue weighted by Gasteiger charge is -2.12. The minimum atomic E-state index is -4.51. The van der Waals surface area contributed by atoms with Crippen LogP contribution in [-0.2, 0) is 6.18 Å². The van der Waals surface area contributed by atoms with Crippen LogP contribution in [0.4, 0.5) is 13.2 Å². The molecule has 9 heteroatoms. The fraction of sp³-hybridized carbons (Fsp3) is 0.0833. The van der Waals surface area contributed by atoms with Crippen LogP contribution in [0.15, 0.2) is 35.1 Å². The fourth-order valence-electron chi connectivity index (χ4n) is 1.90. The van der Waals surface area contributed by atoms with Gasteiger partial charge in [-0.25, -0.2) is 4.98 Å². The maximum absolute atomic E-state index is 13.2. The maximum Gasteiger partial charge on any atom is 0.417 e. The van der Waals surface area contributed by atoms with Gasteiger partial charge in [-0.3, -0.25) is 4.40 Å². The van der Waals surface area contributed by atoms with Gasteiger partial charge in [0.15, 0.2) is 11.5 Å². The Hall–Kier alpha value is -1.67. The van der Waals surface area contributed by atoms with E-state index >= 15 is 0 Å². The monoisotopic (exact) mass is 376 g/mol. The first-order valence-corrected chi connectivity index (χ1v) is 6.77. The smallest absolute Gasteiger partial charge is 0.265 e. The first-order valence-electron chi connectivity index (χ1n) is 5.59. The molecule has 3 rings (SSSR count). The molecule has 0 N–H and O–H groups in total. The summed E-state index contributed by atoms with van der Waals surface area (Å²) < 4.78 is 41.2. The second-order valence-corrected chi connectivity index (χ2v) is 5.45. The molecule has 0 spiro atoms. The highest BCUT2D eigenvalue weighted by Gasteiger charge is 2.35. The number of aromatic nitrogens is 4. The van der Waals surface area contributed by atoms with E-state index in [4.69, 9.17) is 11.6 Å². The van der Waals surface area contributed by atoms with Crippen LogP contribution in [0, 0.1) is 0 Å². The molecule has 0 fully saturated rings. The van der Waals surface area contributed by atoms with E-state index in [0.29, 0.717) is 10.1 Å². The van der Waals surface area contributed by atoms with Gasteiger partial charge in [-0.2, -0.15) is 13.2 Å². The fourth-order valence-corrected chi connectivity index (χ4v) is 2.40. The SMILES string of the molecule is FC(F)(F)c1cc(Br)ccc1-c1nnc2cc(Cl)ncn12. The van der Waals surface area contributed by atoms with E-state index in [1.807, 2.05) is 0 Å². The first-order chi connectivity index (χ1) is 9.86. The zero-order valence-electron chi connectivity index (χ0n) is 10.1. The summed E-state index contributed by atoms with van der Waals surface area (Å²) in [5.74, 6) is 0.0500. The van der Waals surface area contributed by atoms with Gasteiger partial charge < -0.3 is 0 Å². The predicted octanol–water partition coefficient (Wildman–Crippen LogP) is 4.23. The molecule has 3 aromatic rings. The van der Waals surface area contributed by atoms with Gasteiger partial charge in [0, 0.05) is 16.1 Å². The summed E-state index contributed by atoms with van der Waals surface area (Å²) in [5, 5.41) is 7.81. The molecule has 0 aliphatic rings. The van der Waals surface area contributed by atoms with Crippen molar-refractivity contribution < 1.29 is 13.2 Å². The number of alkyl halides is 3. The van der Waals surface area contributed by atoms with E-state index in [1.165, 1.54) is 28.9 Å². The molecule has 4 nitrogen and oxygen atoms in total. The minimum Gasteiger partial charge on any atom is -0.265 e. The summed E-state index contributed by atoms with van der Waals surface area (Å²) >= 11 is 8.76. The van der Waals surface area contributed by atoms with E-state index in [2.05, 4.69) is 31.1 Å². The molecule has 0 atom stereocenters. The summed E-state index contributed by atoms with van der Waals surface area (Å²) in [7, 11) is 0. The molecule has 0 amide bonds. The van der Waals surface area contributed by atoms with E-state index in [9.17, 15) is 13.2 Å². The van der Waals surface area contributed by atoms with Crippen LogP contribution in [0.5, 0.6) is 0 Å². The minimum absolute atomic E-state index is 0.0500. The quantitative estimate of drug-likeness (QED) is 0.596. The zero-order valence-corrected chi connectivity index (χ0v) is 12.4. The Bertz CT molecular complexity index is 831. The molecule has 21 heavy (non-hydrogen) atoms. The second kappa shape index (κ2) is 4.96. The van der Waals surface area contributed by atoms with Crippen molar-refractivity contribution in [1.82, 2.24) is 19.6 Å². The Labute approximate surface area is 129 Å². The molecule has 0 saturated heterocycles. The van der Waals surface area contributed by atoms with Gasteiger partial charge in [0.1, 0.15) is 11.5 Å². The lowest BCUT2D eigenvalue weighted by Crippen LogP contribution is -2.08. The van der Waals surface area contributed by atoms with Crippen molar-refractivity contribution in [3.8, 4) is 11.4 Å². The van der Waals surface area contributed by atoms with E-state index in [1.54, 1.807) is 0 Å². The lowest BCUT2D eigenvalue weighted by atomic mass is 10.1. The molecule has 0 bridgehead atoms. The first kappa shape index (κ1) is 14.3. The van der Waals surface area contributed by atoms with E-state index in [-0.39, 0.29) is 16.5 Å². The van der Waals surface area contributed by atoms with Gasteiger partial charge in [-0.05, 0) is 18.2 Å². The summed E-state index contributed by atoms with van der Waals surface area (Å²) in [6.07, 6.45) is -3.22. The van der Waals surface area contributed by atoms with E-state index in [0.717, 1.165) is 6.07 Å². The van der Waals surface area contributed by atoms with Crippen molar-refractivity contribution in [2.75, 3.05) is 0 Å². The molecule has 2 aromatic heterocycles. The number of benzene rings is 1. The molecule has 0 saturated carbocycles. The van der Waals surface area contributed by atoms with Crippen LogP contribution in [0.3, 0.4) is 0 Å². The van der Waals surface area contributed by atoms with Gasteiger partial charge >= 0.3 is 6.18 Å². The third-order valence-corrected chi connectivity index (χ3v) is 3.49. The highest BCUT2D eigenvalue weighted by atomic mass is 79.9. The number of hydrogen-bond acceptors (Lipinski definition) is 3. The molecule has 1 aromatic carbocycles. The predicted molar refractivity (Wildman–Crippen MR) is 73.9 cm³/mol. The Morgan fingerprint density at radius 1 is 1.14 bits per heavy atom. The average molecular weight is 378 g/mol. The summed E-state index contributed by atoms with van der Waals surface area (Å²) in [4.78, 5) is 3.83. The van der Waals surface area contributed by atoms with Gasteiger partial charge in [0.05, 0.1) is 5.56 Å². The van der Waals surface area contributed by atoms with Crippen molar-refractivity contribution in [1.29, 1.82) is 0 Å². The third-order valence-electron chi connectivity index (χ3n) is 2.79. The maximum atomic E-state index is 13.2. The topological polar surface area (TPSA) is 43.1 Å². The Kier molecular flexibility index (Phi) is 3.37. The van der Waals surface area contributed by atoms with Crippen molar-refractivity contribution in [3.63, 3.8) is 0 Å². The molecule has 108 valence electrons. The van der Waals surface area contributed by atoms with Crippen molar-refractivity contribution in [2.24, 2.45) is 0 Å². The van der Waals surface area contributed by atoms with Gasteiger partial charge in [-0.15, -0.1) is 10.2 Å². The molecular formula is C12H5BrClF3N4. The molecule has 0 aliphatic heterocycles. The van der Waals surface area contributed by atoms with E-state index < -0.39 is 11.7 Å². The molecular weight excluding hydrogens is 373 g/mol. The van der Waals surface area contributed by atoms with Crippen LogP contribution >= 0.6 is 27.5 Å². The van der Waals surface area contributed by atoms with Crippen LogP contribution < -0.4 is 0 Å². The number of halogens is 5. The highest BCUT2D eigenvalue weighted by Crippen LogP contribution is 2.38. The highest BCUT2D eigenvalue weighted by molar-refractivity contribution is 9.10. The standard InChI is InChI=1S/C12H5BrClF3N4/c13-6-1-2-7(8(3-6)12(15,16)17)11-20-19-10-4-9(14)18-5-21(10)11/h1-5H. The van der Waals surface area contributed by atoms with Crippen molar-refractivity contribution in [3.05, 3.63) is 45.8 Å². The molecule has 2 heterocycles. The van der Waals surface area contributed by atoms with Crippen molar-refractivity contribution in [2.45, 2.75) is 6.18 Å². The van der Waals surface area contributed by atoms with Crippen LogP contribution in [-0.4, -0.2) is 19.6 Å². The van der Waals surface area contributed by atoms with Gasteiger partial charge in [-0.1, -0.05) is 27.5 Å². The zero-order chi connectivity index (χ0) is 15.2. The number of nitrogens with zero attached hydrogens (tertiary/aromatic N) is 4. The number of hydrogen-bond donors (Lipinski definition) is 0. The summed E-state index contributed by atoms with van der Waals surface area (Å²) in [6, 6.07) is 5.26. The molecule has 0 radical (unpaired) electrons. The average Bonchev–Trinajstić information content (AvgIpc) is 2.80. The summed E-state index contributed by atoms with van der Waals surface area (Å²) in [5.41, 5.74) is -0.565. The number of fused-ring (bicyclic) bond motifs is 1. The van der Waals surface area contributed by atoms with Gasteiger partial charge in [0.25, 0.3) is 0 Å². The Morgan fingerprint density at radius 2 is 1.90 bits per heavy atom. The lowest BCUT2D eigenvalue weighted by molar-refractivity contribution is -0.137. The number of rotatable bonds is 1. The Morgan fingerprint density at radius 3 is 2.62 bits per heavy atom. The second-order valence-electron chi connectivity index (χ2n) is 4.15. The third kappa shape index (κ3) is 2.60. The van der Waals surface area contributed by atoms with Crippen molar-refractivity contribution >= 4 is 33.2 Å². The van der Waals surface area contributed by atoms with Crippen LogP contribution in [0.25, 0.3) is 17.0 Å². The molecule has 0 aliphatic carbocycles. The van der Waals surface area contributed by atoms with Crippen LogP contribution in [0.2, 0.25) is 5.15 Å². The normalized spacial score (nSPS) is 12.0. The largest absolute Gasteiger partial charge is 0.417 e. The van der Waals surface area contributed by atoms with Gasteiger partial charge in [0.2, 0.25) is 0 Å². The molecule has 0 unspecified atom stereocenters. The summed E-state index contributed by atoms with van der Waals surface area (Å²) in [6.45, 7) is 0. The Balaban J connectivity index is 2.28. The van der Waals surface area contributed by atoms with Crippen LogP contribution in [0.1, 0.15) is 5.56 Å².